The standard InChI is InChI=1S/C12H12ClN3.2ClH/c13-10-3-1-9(2-4-10)12-15-5-6-16(12)11-7-14-8-11;;/h1-6,11,14H,7-8H2;2*1H. The zero-order valence-corrected chi connectivity index (χ0v) is 11.9. The van der Waals surface area contributed by atoms with Crippen molar-refractivity contribution in [2.45, 2.75) is 6.04 Å². The van der Waals surface area contributed by atoms with Crippen LogP contribution in [0.15, 0.2) is 36.7 Å². The normalized spacial score (nSPS) is 14.3. The van der Waals surface area contributed by atoms with Crippen molar-refractivity contribution >= 4 is 36.4 Å². The van der Waals surface area contributed by atoms with Crippen LogP contribution < -0.4 is 5.32 Å². The van der Waals surface area contributed by atoms with Crippen molar-refractivity contribution in [3.8, 4) is 11.4 Å². The van der Waals surface area contributed by atoms with E-state index < -0.39 is 0 Å². The van der Waals surface area contributed by atoms with Gasteiger partial charge in [0.2, 0.25) is 0 Å². The highest BCUT2D eigenvalue weighted by Crippen LogP contribution is 2.24. The summed E-state index contributed by atoms with van der Waals surface area (Å²) in [5, 5.41) is 4.02. The van der Waals surface area contributed by atoms with Crippen molar-refractivity contribution in [3.05, 3.63) is 41.7 Å². The van der Waals surface area contributed by atoms with Gasteiger partial charge in [-0.05, 0) is 24.3 Å². The molecule has 1 aliphatic rings. The van der Waals surface area contributed by atoms with Crippen LogP contribution in [0.1, 0.15) is 6.04 Å². The fourth-order valence-corrected chi connectivity index (χ4v) is 2.03. The monoisotopic (exact) mass is 305 g/mol. The molecule has 1 aliphatic heterocycles. The number of nitrogens with one attached hydrogen (secondary N) is 1. The molecular weight excluding hydrogens is 293 g/mol. The van der Waals surface area contributed by atoms with E-state index in [4.69, 9.17) is 11.6 Å². The molecule has 0 bridgehead atoms. The Kier molecular flexibility index (Phi) is 5.47. The third kappa shape index (κ3) is 2.81. The molecule has 2 heterocycles. The van der Waals surface area contributed by atoms with Crippen LogP contribution in [0.25, 0.3) is 11.4 Å². The number of hydrogen-bond donors (Lipinski definition) is 1. The van der Waals surface area contributed by atoms with E-state index in [1.807, 2.05) is 36.7 Å². The Morgan fingerprint density at radius 2 is 1.83 bits per heavy atom. The first-order valence-corrected chi connectivity index (χ1v) is 5.72. The molecular formula is C12H14Cl3N3. The van der Waals surface area contributed by atoms with Crippen molar-refractivity contribution in [3.63, 3.8) is 0 Å². The minimum absolute atomic E-state index is 0. The molecule has 6 heteroatoms. The zero-order chi connectivity index (χ0) is 11.0. The fraction of sp³-hybridized carbons (Fsp3) is 0.250. The van der Waals surface area contributed by atoms with Crippen molar-refractivity contribution in [1.82, 2.24) is 14.9 Å². The third-order valence-corrected chi connectivity index (χ3v) is 3.18. The molecule has 98 valence electrons. The average molecular weight is 307 g/mol. The molecule has 1 saturated heterocycles. The van der Waals surface area contributed by atoms with Crippen LogP contribution in [0.5, 0.6) is 0 Å². The van der Waals surface area contributed by atoms with Crippen LogP contribution in [-0.4, -0.2) is 22.6 Å². The zero-order valence-electron chi connectivity index (χ0n) is 9.54. The Bertz CT molecular complexity index is 492. The van der Waals surface area contributed by atoms with Gasteiger partial charge < -0.3 is 9.88 Å². The van der Waals surface area contributed by atoms with E-state index in [1.165, 1.54) is 0 Å². The summed E-state index contributed by atoms with van der Waals surface area (Å²) in [5.74, 6) is 1.02. The van der Waals surface area contributed by atoms with E-state index in [0.29, 0.717) is 6.04 Å². The summed E-state index contributed by atoms with van der Waals surface area (Å²) in [4.78, 5) is 4.41. The highest BCUT2D eigenvalue weighted by Gasteiger charge is 2.21. The van der Waals surface area contributed by atoms with Gasteiger partial charge in [0.15, 0.2) is 0 Å². The molecule has 1 aromatic heterocycles. The van der Waals surface area contributed by atoms with Crippen LogP contribution in [0.3, 0.4) is 0 Å². The van der Waals surface area contributed by atoms with Gasteiger partial charge in [0, 0.05) is 36.1 Å². The first-order chi connectivity index (χ1) is 7.84. The lowest BCUT2D eigenvalue weighted by atomic mass is 10.1. The third-order valence-electron chi connectivity index (χ3n) is 2.92. The Labute approximate surface area is 123 Å². The van der Waals surface area contributed by atoms with Crippen LogP contribution in [-0.2, 0) is 0 Å². The van der Waals surface area contributed by atoms with Gasteiger partial charge in [-0.25, -0.2) is 4.98 Å². The molecule has 3 rings (SSSR count). The summed E-state index contributed by atoms with van der Waals surface area (Å²) in [6.07, 6.45) is 3.89. The van der Waals surface area contributed by atoms with Gasteiger partial charge in [0.05, 0.1) is 6.04 Å². The minimum atomic E-state index is 0. The highest BCUT2D eigenvalue weighted by atomic mass is 35.5. The molecule has 3 nitrogen and oxygen atoms in total. The number of benzene rings is 1. The van der Waals surface area contributed by atoms with Gasteiger partial charge in [-0.2, -0.15) is 0 Å². The van der Waals surface area contributed by atoms with Gasteiger partial charge in [-0.3, -0.25) is 0 Å². The lowest BCUT2D eigenvalue weighted by molar-refractivity contribution is 0.346. The maximum Gasteiger partial charge on any atom is 0.140 e. The van der Waals surface area contributed by atoms with Gasteiger partial charge in [-0.15, -0.1) is 24.8 Å². The quantitative estimate of drug-likeness (QED) is 0.923. The largest absolute Gasteiger partial charge is 0.325 e. The number of halogens is 3. The Morgan fingerprint density at radius 1 is 1.17 bits per heavy atom. The summed E-state index contributed by atoms with van der Waals surface area (Å²) in [6, 6.07) is 8.35. The first-order valence-electron chi connectivity index (χ1n) is 5.34. The smallest absolute Gasteiger partial charge is 0.140 e. The topological polar surface area (TPSA) is 29.9 Å². The summed E-state index contributed by atoms with van der Waals surface area (Å²) >= 11 is 5.88. The molecule has 0 amide bonds. The predicted molar refractivity (Wildman–Crippen MR) is 79.1 cm³/mol. The molecule has 2 aromatic rings. The number of rotatable bonds is 2. The molecule has 1 fully saturated rings. The molecule has 1 aromatic carbocycles. The molecule has 1 N–H and O–H groups in total. The fourth-order valence-electron chi connectivity index (χ4n) is 1.90. The second kappa shape index (κ2) is 6.43. The summed E-state index contributed by atoms with van der Waals surface area (Å²) < 4.78 is 2.22. The van der Waals surface area contributed by atoms with Crippen molar-refractivity contribution < 1.29 is 0 Å². The van der Waals surface area contributed by atoms with Crippen molar-refractivity contribution in [1.29, 1.82) is 0 Å². The van der Waals surface area contributed by atoms with Crippen LogP contribution >= 0.6 is 36.4 Å². The van der Waals surface area contributed by atoms with Gasteiger partial charge >= 0.3 is 0 Å². The van der Waals surface area contributed by atoms with E-state index in [-0.39, 0.29) is 24.8 Å². The van der Waals surface area contributed by atoms with Gasteiger partial charge in [0.25, 0.3) is 0 Å². The summed E-state index contributed by atoms with van der Waals surface area (Å²) in [5.41, 5.74) is 1.11. The molecule has 18 heavy (non-hydrogen) atoms. The summed E-state index contributed by atoms with van der Waals surface area (Å²) in [6.45, 7) is 2.05. The van der Waals surface area contributed by atoms with Crippen LogP contribution in [0, 0.1) is 0 Å². The second-order valence-electron chi connectivity index (χ2n) is 3.98. The molecule has 0 radical (unpaired) electrons. The van der Waals surface area contributed by atoms with Crippen LogP contribution in [0.4, 0.5) is 0 Å². The maximum atomic E-state index is 5.88. The predicted octanol–water partition coefficient (Wildman–Crippen LogP) is 3.19. The van der Waals surface area contributed by atoms with E-state index in [9.17, 15) is 0 Å². The average Bonchev–Trinajstić information content (AvgIpc) is 2.65. The van der Waals surface area contributed by atoms with Crippen molar-refractivity contribution in [2.24, 2.45) is 0 Å². The number of hydrogen-bond acceptors (Lipinski definition) is 2. The number of aromatic nitrogens is 2. The van der Waals surface area contributed by atoms with E-state index in [0.717, 1.165) is 29.5 Å². The summed E-state index contributed by atoms with van der Waals surface area (Å²) in [7, 11) is 0. The molecule has 0 aliphatic carbocycles. The first kappa shape index (κ1) is 15.3. The van der Waals surface area contributed by atoms with E-state index in [2.05, 4.69) is 14.9 Å². The van der Waals surface area contributed by atoms with E-state index in [1.54, 1.807) is 0 Å². The second-order valence-corrected chi connectivity index (χ2v) is 4.41. The Morgan fingerprint density at radius 3 is 2.39 bits per heavy atom. The van der Waals surface area contributed by atoms with E-state index >= 15 is 0 Å². The number of imidazole rings is 1. The lowest BCUT2D eigenvalue weighted by Gasteiger charge is -2.29. The minimum Gasteiger partial charge on any atom is -0.325 e. The molecule has 0 atom stereocenters. The maximum absolute atomic E-state index is 5.88. The van der Waals surface area contributed by atoms with Crippen molar-refractivity contribution in [2.75, 3.05) is 13.1 Å². The van der Waals surface area contributed by atoms with Gasteiger partial charge in [0.1, 0.15) is 5.82 Å². The molecule has 0 unspecified atom stereocenters. The SMILES string of the molecule is Cl.Cl.Clc1ccc(-c2nccn2C2CNC2)cc1. The molecule has 0 spiro atoms. The number of nitrogens with zero attached hydrogens (tertiary/aromatic N) is 2. The van der Waals surface area contributed by atoms with Gasteiger partial charge in [-0.1, -0.05) is 11.6 Å². The lowest BCUT2D eigenvalue weighted by Crippen LogP contribution is -2.43. The highest BCUT2D eigenvalue weighted by molar-refractivity contribution is 6.30. The molecule has 0 saturated carbocycles. The Hall–Kier alpha value is -0.740. The Balaban J connectivity index is 0.000000810. The van der Waals surface area contributed by atoms with Crippen LogP contribution in [0.2, 0.25) is 5.02 Å².